The van der Waals surface area contributed by atoms with Crippen molar-refractivity contribution in [2.75, 3.05) is 0 Å². The van der Waals surface area contributed by atoms with Crippen LogP contribution in [-0.2, 0) is 33.7 Å². The van der Waals surface area contributed by atoms with Crippen LogP contribution in [-0.4, -0.2) is 0 Å². The summed E-state index contributed by atoms with van der Waals surface area (Å²) < 4.78 is 0. The maximum atomic E-state index is 4.93. The van der Waals surface area contributed by atoms with Crippen LogP contribution in [0.5, 0.6) is 0 Å². The first kappa shape index (κ1) is 39.0. The molecule has 248 valence electrons. The Bertz CT molecular complexity index is 1810. The van der Waals surface area contributed by atoms with Crippen molar-refractivity contribution in [3.05, 3.63) is 135 Å². The van der Waals surface area contributed by atoms with E-state index in [1.54, 1.807) is 6.92 Å². The van der Waals surface area contributed by atoms with Crippen molar-refractivity contribution >= 4 is 38.6 Å². The van der Waals surface area contributed by atoms with Gasteiger partial charge in [0.05, 0.1) is 0 Å². The normalized spacial score (nSPS) is 10.5. The second-order valence-corrected chi connectivity index (χ2v) is 16.3. The summed E-state index contributed by atoms with van der Waals surface area (Å²) in [6.45, 7) is 27.1. The third-order valence-electron chi connectivity index (χ3n) is 9.35. The summed E-state index contributed by atoms with van der Waals surface area (Å²) in [5.41, 5.74) is 19.3. The summed E-state index contributed by atoms with van der Waals surface area (Å²) in [5.74, 6) is 0. The van der Waals surface area contributed by atoms with E-state index in [0.717, 1.165) is 12.8 Å². The molecule has 6 rings (SSSR count). The van der Waals surface area contributed by atoms with E-state index in [4.69, 9.17) is 17.0 Å². The first-order valence-electron chi connectivity index (χ1n) is 16.6. The molecule has 0 fully saturated rings. The quantitative estimate of drug-likeness (QED) is 0.158. The van der Waals surface area contributed by atoms with Crippen molar-refractivity contribution in [1.29, 1.82) is 0 Å². The molecule has 0 radical (unpaired) electrons. The fourth-order valence-electron chi connectivity index (χ4n) is 6.52. The number of fused-ring (bicyclic) bond motifs is 2. The van der Waals surface area contributed by atoms with Crippen LogP contribution in [0.4, 0.5) is 0 Å². The molecule has 0 spiro atoms. The van der Waals surface area contributed by atoms with Crippen LogP contribution in [0.3, 0.4) is 0 Å². The minimum absolute atomic E-state index is 0.826. The molecule has 0 bridgehead atoms. The molecule has 0 aliphatic carbocycles. The van der Waals surface area contributed by atoms with Gasteiger partial charge in [-0.15, -0.1) is 55.9 Å². The van der Waals surface area contributed by atoms with Gasteiger partial charge < -0.3 is 6.92 Å². The van der Waals surface area contributed by atoms with Gasteiger partial charge in [0, 0.05) is 0 Å². The summed E-state index contributed by atoms with van der Waals surface area (Å²) in [5, 5.41) is 5.65. The van der Waals surface area contributed by atoms with Gasteiger partial charge in [0.2, 0.25) is 0 Å². The second-order valence-electron chi connectivity index (χ2n) is 12.5. The van der Waals surface area contributed by atoms with E-state index in [9.17, 15) is 0 Å². The Morgan fingerprint density at radius 2 is 0.851 bits per heavy atom. The summed E-state index contributed by atoms with van der Waals surface area (Å²) in [4.78, 5) is 0. The Labute approximate surface area is 303 Å². The summed E-state index contributed by atoms with van der Waals surface area (Å²) in [6.07, 6.45) is 2.19. The standard InChI is InChI=1S/2C21H23.C2H5.2ClH.Zr/c2*1-6-17-11-19-16(5)14(3)10-20(21(19)12-17)18-8-7-13(2)9-15(18)4;1-2;;;/h2*7-12H,6H2,1-5H3;1H2,2H3;2*1H;/q3*-1;;;+2/p-2. The molecule has 47 heavy (non-hydrogen) atoms. The molecule has 0 N–H and O–H groups in total. The molecule has 6 aromatic rings. The number of benzene rings is 4. The molecule has 0 amide bonds. The van der Waals surface area contributed by atoms with Gasteiger partial charge in [0.1, 0.15) is 0 Å². The van der Waals surface area contributed by atoms with Crippen LogP contribution < -0.4 is 0 Å². The number of aryl methyl sites for hydroxylation is 10. The molecule has 0 atom stereocenters. The monoisotopic (exact) mass is 739 g/mol. The van der Waals surface area contributed by atoms with E-state index in [-0.39, 0.29) is 0 Å². The number of halogens is 2. The van der Waals surface area contributed by atoms with Crippen molar-refractivity contribution in [2.45, 2.75) is 89.0 Å². The predicted octanol–water partition coefficient (Wildman–Crippen LogP) is 14.3. The van der Waals surface area contributed by atoms with Crippen LogP contribution in [0.1, 0.15) is 76.4 Å². The number of rotatable bonds is 4. The van der Waals surface area contributed by atoms with Crippen LogP contribution in [0.25, 0.3) is 43.8 Å². The summed E-state index contributed by atoms with van der Waals surface area (Å²) in [7, 11) is 9.87. The van der Waals surface area contributed by atoms with Crippen LogP contribution in [0.2, 0.25) is 0 Å². The van der Waals surface area contributed by atoms with Crippen LogP contribution in [0.15, 0.2) is 72.8 Å². The van der Waals surface area contributed by atoms with Gasteiger partial charge in [-0.1, -0.05) is 110 Å². The van der Waals surface area contributed by atoms with Crippen LogP contribution >= 0.6 is 17.0 Å². The van der Waals surface area contributed by atoms with Gasteiger partial charge >= 0.3 is 37.9 Å². The average molecular weight is 742 g/mol. The van der Waals surface area contributed by atoms with Gasteiger partial charge in [0.15, 0.2) is 0 Å². The Morgan fingerprint density at radius 3 is 1.15 bits per heavy atom. The van der Waals surface area contributed by atoms with E-state index in [1.165, 1.54) is 99.4 Å². The van der Waals surface area contributed by atoms with Crippen molar-refractivity contribution in [1.82, 2.24) is 0 Å². The molecular weight excluding hydrogens is 691 g/mol. The fraction of sp³-hybridized carbons (Fsp3) is 0.295. The first-order chi connectivity index (χ1) is 22.4. The molecule has 0 saturated heterocycles. The third kappa shape index (κ3) is 8.98. The summed E-state index contributed by atoms with van der Waals surface area (Å²) >= 11 is -0.826. The maximum absolute atomic E-state index is 4.93. The molecular formula is C44H51Cl2Zr-3. The molecule has 0 heterocycles. The Kier molecular flexibility index (Phi) is 14.8. The number of hydrogen-bond donors (Lipinski definition) is 0. The van der Waals surface area contributed by atoms with Crippen molar-refractivity contribution in [3.8, 4) is 22.3 Å². The molecule has 0 aliphatic heterocycles. The molecule has 0 unspecified atom stereocenters. The van der Waals surface area contributed by atoms with Gasteiger partial charge in [-0.2, -0.15) is 19.1 Å². The zero-order valence-electron chi connectivity index (χ0n) is 30.3. The van der Waals surface area contributed by atoms with Gasteiger partial charge in [0.25, 0.3) is 0 Å². The topological polar surface area (TPSA) is 0 Å². The molecule has 0 nitrogen and oxygen atoms in total. The van der Waals surface area contributed by atoms with Gasteiger partial charge in [-0.25, -0.2) is 0 Å². The Hall–Kier alpha value is -2.44. The molecule has 0 aliphatic rings. The molecule has 0 saturated carbocycles. The minimum atomic E-state index is -0.826. The van der Waals surface area contributed by atoms with E-state index in [0.29, 0.717) is 0 Å². The Balaban J connectivity index is 0.000000225. The van der Waals surface area contributed by atoms with Crippen molar-refractivity contribution in [2.24, 2.45) is 0 Å². The second kappa shape index (κ2) is 17.8. The van der Waals surface area contributed by atoms with E-state index >= 15 is 0 Å². The van der Waals surface area contributed by atoms with Gasteiger partial charge in [-0.3, -0.25) is 0 Å². The third-order valence-corrected chi connectivity index (χ3v) is 9.35. The van der Waals surface area contributed by atoms with E-state index in [1.807, 2.05) is 0 Å². The zero-order chi connectivity index (χ0) is 35.0. The average Bonchev–Trinajstić information content (AvgIpc) is 3.69. The first-order valence-corrected chi connectivity index (χ1v) is 23.0. The van der Waals surface area contributed by atoms with Crippen molar-refractivity contribution < 1.29 is 20.8 Å². The summed E-state index contributed by atoms with van der Waals surface area (Å²) in [6, 6.07) is 27.7. The molecule has 3 heteroatoms. The molecule has 0 aromatic heterocycles. The van der Waals surface area contributed by atoms with E-state index in [2.05, 4.69) is 149 Å². The predicted molar refractivity (Wildman–Crippen MR) is 209 cm³/mol. The van der Waals surface area contributed by atoms with Gasteiger partial charge in [-0.05, 0) is 76.6 Å². The number of hydrogen-bond acceptors (Lipinski definition) is 0. The SMILES string of the molecule is CCc1cc2c(-c3ccc(C)cc3C)cc(C)c(C)c2[cH-]1.CCc1cc2c(-c3ccc(C)cc3C)cc(C)c(C)c2[cH-]1.[CH2-]C.[Cl][Zr][Cl]. The van der Waals surface area contributed by atoms with Crippen LogP contribution in [0, 0.1) is 62.3 Å². The zero-order valence-corrected chi connectivity index (χ0v) is 34.3. The van der Waals surface area contributed by atoms with Crippen molar-refractivity contribution in [3.63, 3.8) is 0 Å². The molecule has 6 aromatic carbocycles. The fourth-order valence-corrected chi connectivity index (χ4v) is 6.52. The Morgan fingerprint density at radius 1 is 0.511 bits per heavy atom. The van der Waals surface area contributed by atoms with E-state index < -0.39 is 20.8 Å².